The number of rotatable bonds is 3. The summed E-state index contributed by atoms with van der Waals surface area (Å²) < 4.78 is 0. The third kappa shape index (κ3) is 3.82. The van der Waals surface area contributed by atoms with E-state index in [1.807, 2.05) is 42.5 Å². The Labute approximate surface area is 136 Å². The van der Waals surface area contributed by atoms with Crippen molar-refractivity contribution in [1.82, 2.24) is 5.32 Å². The van der Waals surface area contributed by atoms with E-state index < -0.39 is 5.60 Å². The average Bonchev–Trinajstić information content (AvgIpc) is 2.53. The monoisotopic (exact) mass is 312 g/mol. The molecule has 1 aliphatic rings. The van der Waals surface area contributed by atoms with Crippen LogP contribution in [0.3, 0.4) is 0 Å². The molecule has 122 valence electrons. The van der Waals surface area contributed by atoms with Gasteiger partial charge in [0.05, 0.1) is 11.3 Å². The molecule has 2 aromatic carbocycles. The van der Waals surface area contributed by atoms with Gasteiger partial charge in [0.25, 0.3) is 0 Å². The van der Waals surface area contributed by atoms with Crippen LogP contribution in [-0.2, 0) is 0 Å². The maximum Gasteiger partial charge on any atom is 0.319 e. The normalized spacial score (nSPS) is 24.3. The molecule has 0 bridgehead atoms. The number of hydrogen-bond acceptors (Lipinski definition) is 2. The Kier molecular flexibility index (Phi) is 4.53. The number of carbonyl (C=O) groups excluding carboxylic acids is 1. The van der Waals surface area contributed by atoms with Crippen LogP contribution >= 0.6 is 0 Å². The van der Waals surface area contributed by atoms with Crippen LogP contribution in [0.2, 0.25) is 0 Å². The van der Waals surface area contributed by atoms with Crippen LogP contribution < -0.4 is 10.6 Å². The number of aliphatic hydroxyl groups is 1. The zero-order valence-electron chi connectivity index (χ0n) is 13.5. The quantitative estimate of drug-likeness (QED) is 0.805. The van der Waals surface area contributed by atoms with E-state index in [2.05, 4.69) is 17.6 Å². The second kappa shape index (κ2) is 6.59. The van der Waals surface area contributed by atoms with E-state index in [0.29, 0.717) is 12.5 Å². The highest BCUT2D eigenvalue weighted by Crippen LogP contribution is 2.31. The van der Waals surface area contributed by atoms with Crippen LogP contribution in [0.15, 0.2) is 42.5 Å². The number of urea groups is 1. The van der Waals surface area contributed by atoms with E-state index in [4.69, 9.17) is 0 Å². The van der Waals surface area contributed by atoms with E-state index >= 15 is 0 Å². The van der Waals surface area contributed by atoms with Gasteiger partial charge in [-0.3, -0.25) is 0 Å². The van der Waals surface area contributed by atoms with E-state index in [0.717, 1.165) is 42.1 Å². The van der Waals surface area contributed by atoms with Crippen LogP contribution in [0.4, 0.5) is 10.5 Å². The van der Waals surface area contributed by atoms with Crippen molar-refractivity contribution in [3.8, 4) is 0 Å². The number of fused-ring (bicyclic) bond motifs is 1. The second-order valence-corrected chi connectivity index (χ2v) is 6.76. The number of carbonyl (C=O) groups is 1. The summed E-state index contributed by atoms with van der Waals surface area (Å²) in [5.41, 5.74) is 0.0120. The SMILES string of the molecule is C[C@@H]1CCC[C@@](O)(CNC(=O)Nc2cccc3ccccc23)C1. The molecule has 4 nitrogen and oxygen atoms in total. The van der Waals surface area contributed by atoms with Gasteiger partial charge in [-0.25, -0.2) is 4.79 Å². The van der Waals surface area contributed by atoms with Gasteiger partial charge in [0.15, 0.2) is 0 Å². The molecule has 4 heteroatoms. The first-order chi connectivity index (χ1) is 11.1. The Morgan fingerprint density at radius 2 is 2.04 bits per heavy atom. The summed E-state index contributed by atoms with van der Waals surface area (Å²) in [5.74, 6) is 0.511. The molecule has 1 aliphatic carbocycles. The summed E-state index contributed by atoms with van der Waals surface area (Å²) in [4.78, 5) is 12.2. The van der Waals surface area contributed by atoms with Crippen LogP contribution in [0.25, 0.3) is 10.8 Å². The molecule has 0 spiro atoms. The largest absolute Gasteiger partial charge is 0.388 e. The first-order valence-electron chi connectivity index (χ1n) is 8.31. The molecule has 3 rings (SSSR count). The summed E-state index contributed by atoms with van der Waals surface area (Å²) in [6.07, 6.45) is 3.68. The third-order valence-corrected chi connectivity index (χ3v) is 4.68. The van der Waals surface area contributed by atoms with Gasteiger partial charge >= 0.3 is 6.03 Å². The predicted molar refractivity (Wildman–Crippen MR) is 93.6 cm³/mol. The fourth-order valence-corrected chi connectivity index (χ4v) is 3.54. The van der Waals surface area contributed by atoms with Gasteiger partial charge < -0.3 is 15.7 Å². The standard InChI is InChI=1S/C19H24N2O2/c1-14-6-5-11-19(23,12-14)13-20-18(22)21-17-10-4-8-15-7-2-3-9-16(15)17/h2-4,7-10,14,23H,5-6,11-13H2,1H3,(H2,20,21,22)/t14-,19+/m1/s1. The molecular formula is C19H24N2O2. The number of nitrogens with one attached hydrogen (secondary N) is 2. The molecular weight excluding hydrogens is 288 g/mol. The molecule has 0 unspecified atom stereocenters. The lowest BCUT2D eigenvalue weighted by Gasteiger charge is -2.35. The lowest BCUT2D eigenvalue weighted by molar-refractivity contribution is -0.00920. The molecule has 0 aromatic heterocycles. The average molecular weight is 312 g/mol. The number of amides is 2. The Hall–Kier alpha value is -2.07. The van der Waals surface area contributed by atoms with Crippen molar-refractivity contribution in [2.24, 2.45) is 5.92 Å². The van der Waals surface area contributed by atoms with Crippen molar-refractivity contribution in [1.29, 1.82) is 0 Å². The molecule has 2 atom stereocenters. The molecule has 23 heavy (non-hydrogen) atoms. The number of benzene rings is 2. The first kappa shape index (κ1) is 15.8. The fourth-order valence-electron chi connectivity index (χ4n) is 3.54. The van der Waals surface area contributed by atoms with Crippen molar-refractivity contribution >= 4 is 22.5 Å². The van der Waals surface area contributed by atoms with Crippen molar-refractivity contribution in [3.05, 3.63) is 42.5 Å². The summed E-state index contributed by atoms with van der Waals surface area (Å²) in [5, 5.41) is 18.4. The van der Waals surface area contributed by atoms with Crippen molar-refractivity contribution < 1.29 is 9.90 Å². The van der Waals surface area contributed by atoms with Crippen LogP contribution in [0.1, 0.15) is 32.6 Å². The molecule has 2 aromatic rings. The van der Waals surface area contributed by atoms with Gasteiger partial charge in [-0.1, -0.05) is 56.2 Å². The highest BCUT2D eigenvalue weighted by Gasteiger charge is 2.32. The van der Waals surface area contributed by atoms with Gasteiger partial charge in [-0.2, -0.15) is 0 Å². The summed E-state index contributed by atoms with van der Waals surface area (Å²) >= 11 is 0. The number of hydrogen-bond donors (Lipinski definition) is 3. The minimum absolute atomic E-state index is 0.270. The highest BCUT2D eigenvalue weighted by molar-refractivity contribution is 6.01. The Morgan fingerprint density at radius 1 is 1.26 bits per heavy atom. The zero-order chi connectivity index (χ0) is 16.3. The Balaban J connectivity index is 1.63. The minimum atomic E-state index is -0.770. The van der Waals surface area contributed by atoms with Gasteiger partial charge in [0, 0.05) is 11.9 Å². The predicted octanol–water partition coefficient (Wildman–Crippen LogP) is 3.90. The van der Waals surface area contributed by atoms with Crippen LogP contribution in [0, 0.1) is 5.92 Å². The molecule has 2 amide bonds. The molecule has 0 aliphatic heterocycles. The van der Waals surface area contributed by atoms with Crippen LogP contribution in [-0.4, -0.2) is 23.3 Å². The molecule has 1 saturated carbocycles. The van der Waals surface area contributed by atoms with Gasteiger partial charge in [-0.15, -0.1) is 0 Å². The van der Waals surface area contributed by atoms with Crippen molar-refractivity contribution in [3.63, 3.8) is 0 Å². The Morgan fingerprint density at radius 3 is 2.87 bits per heavy atom. The summed E-state index contributed by atoms with van der Waals surface area (Å²) in [6, 6.07) is 13.5. The minimum Gasteiger partial charge on any atom is -0.388 e. The maximum absolute atomic E-state index is 12.2. The molecule has 0 radical (unpaired) electrons. The molecule has 3 N–H and O–H groups in total. The molecule has 1 fully saturated rings. The maximum atomic E-state index is 12.2. The topological polar surface area (TPSA) is 61.4 Å². The first-order valence-corrected chi connectivity index (χ1v) is 8.31. The van der Waals surface area contributed by atoms with Crippen LogP contribution in [0.5, 0.6) is 0 Å². The van der Waals surface area contributed by atoms with Crippen molar-refractivity contribution in [2.75, 3.05) is 11.9 Å². The smallest absolute Gasteiger partial charge is 0.319 e. The lowest BCUT2D eigenvalue weighted by Crippen LogP contribution is -2.46. The molecule has 0 saturated heterocycles. The van der Waals surface area contributed by atoms with Gasteiger partial charge in [-0.05, 0) is 30.2 Å². The van der Waals surface area contributed by atoms with E-state index in [1.165, 1.54) is 0 Å². The second-order valence-electron chi connectivity index (χ2n) is 6.76. The fraction of sp³-hybridized carbons (Fsp3) is 0.421. The van der Waals surface area contributed by atoms with E-state index in [1.54, 1.807) is 0 Å². The van der Waals surface area contributed by atoms with E-state index in [9.17, 15) is 9.90 Å². The Bertz CT molecular complexity index is 695. The number of anilines is 1. The zero-order valence-corrected chi connectivity index (χ0v) is 13.5. The van der Waals surface area contributed by atoms with Crippen molar-refractivity contribution in [2.45, 2.75) is 38.2 Å². The highest BCUT2D eigenvalue weighted by atomic mass is 16.3. The van der Waals surface area contributed by atoms with Gasteiger partial charge in [0.1, 0.15) is 0 Å². The van der Waals surface area contributed by atoms with E-state index in [-0.39, 0.29) is 6.03 Å². The van der Waals surface area contributed by atoms with Gasteiger partial charge in [0.2, 0.25) is 0 Å². The molecule has 0 heterocycles. The third-order valence-electron chi connectivity index (χ3n) is 4.68. The summed E-state index contributed by atoms with van der Waals surface area (Å²) in [6.45, 7) is 2.45. The lowest BCUT2D eigenvalue weighted by atomic mass is 9.79. The summed E-state index contributed by atoms with van der Waals surface area (Å²) in [7, 11) is 0.